The summed E-state index contributed by atoms with van der Waals surface area (Å²) in [5, 5.41) is 31.7. The van der Waals surface area contributed by atoms with E-state index in [4.69, 9.17) is 18.0 Å². The number of carbonyl (C=O) groups is 11. The highest BCUT2D eigenvalue weighted by Crippen LogP contribution is 2.43. The molecular weight excluding hydrogens is 1080 g/mol. The number of aryl methyl sites for hydroxylation is 1. The van der Waals surface area contributed by atoms with Gasteiger partial charge in [0.25, 0.3) is 5.97 Å². The van der Waals surface area contributed by atoms with Gasteiger partial charge in [0.1, 0.15) is 34.7 Å². The molecule has 5 fully saturated rings. The van der Waals surface area contributed by atoms with Crippen LogP contribution in [0, 0.1) is 11.8 Å². The Kier molecular flexibility index (Phi) is 20.0. The van der Waals surface area contributed by atoms with Crippen LogP contribution in [-0.2, 0) is 83.6 Å². The van der Waals surface area contributed by atoms with Crippen molar-refractivity contribution < 1.29 is 80.2 Å². The van der Waals surface area contributed by atoms with Gasteiger partial charge < -0.3 is 65.6 Å². The number of esters is 2. The van der Waals surface area contributed by atoms with Gasteiger partial charge in [0.2, 0.25) is 47.6 Å². The van der Waals surface area contributed by atoms with Crippen molar-refractivity contribution in [2.45, 2.75) is 130 Å². The molecule has 0 aliphatic carbocycles. The summed E-state index contributed by atoms with van der Waals surface area (Å²) in [6.45, 7) is 4.58. The molecule has 7 heterocycles. The Hall–Kier alpha value is -6.35. The molecule has 81 heavy (non-hydrogen) atoms. The molecule has 3 unspecified atom stereocenters. The normalized spacial score (nSPS) is 27.2. The van der Waals surface area contributed by atoms with E-state index < -0.39 is 132 Å². The van der Waals surface area contributed by atoms with E-state index in [0.717, 1.165) is 11.1 Å². The highest BCUT2D eigenvalue weighted by molar-refractivity contribution is 6.62. The van der Waals surface area contributed by atoms with E-state index in [-0.39, 0.29) is 103 Å². The number of para-hydroxylation sites is 1. The number of carbonyl (C=O) groups excluding carboxylic acids is 10. The Morgan fingerprint density at radius 2 is 1.64 bits per heavy atom. The van der Waals surface area contributed by atoms with Crippen LogP contribution in [0.3, 0.4) is 0 Å². The number of aliphatic carboxylic acids is 1. The van der Waals surface area contributed by atoms with E-state index in [0.29, 0.717) is 51.0 Å². The van der Waals surface area contributed by atoms with Crippen molar-refractivity contribution in [3.8, 4) is 0 Å². The second-order valence-corrected chi connectivity index (χ2v) is 25.0. The van der Waals surface area contributed by atoms with E-state index in [1.807, 2.05) is 30.0 Å². The van der Waals surface area contributed by atoms with Crippen LogP contribution in [0.15, 0.2) is 18.2 Å². The number of ether oxygens (including phenoxy) is 3. The molecule has 8 rings (SSSR count). The minimum Gasteiger partial charge on any atom is -0.611 e. The lowest BCUT2D eigenvalue weighted by Crippen LogP contribution is -2.62. The molecule has 1 aromatic carbocycles. The van der Waals surface area contributed by atoms with Crippen molar-refractivity contribution in [1.29, 1.82) is 0 Å². The Bertz CT molecular complexity index is 2610. The highest BCUT2D eigenvalue weighted by Gasteiger charge is 2.77. The number of hydrogen-bond acceptors (Lipinski definition) is 19. The van der Waals surface area contributed by atoms with Gasteiger partial charge in [-0.05, 0) is 74.7 Å². The number of carboxylic acid groups (broad SMARTS) is 1. The summed E-state index contributed by atoms with van der Waals surface area (Å²) in [5.41, 5.74) is 2.22. The smallest absolute Gasteiger partial charge is 0.611 e. The summed E-state index contributed by atoms with van der Waals surface area (Å²) < 4.78 is 34.8. The number of rotatable bonds is 25. The molecule has 10 atom stereocenters. The number of anilines is 1. The molecule has 2 bridgehead atoms. The minimum atomic E-state index is -3.10. The lowest BCUT2D eigenvalue weighted by molar-refractivity contribution is -0.164. The van der Waals surface area contributed by atoms with Gasteiger partial charge in [-0.3, -0.25) is 67.4 Å². The molecule has 29 heteroatoms. The first kappa shape index (κ1) is 60.7. The number of hydrogen-bond donors (Lipinski definition) is 9. The van der Waals surface area contributed by atoms with Gasteiger partial charge in [-0.25, -0.2) is 4.39 Å². The van der Waals surface area contributed by atoms with Gasteiger partial charge in [-0.1, -0.05) is 38.5 Å². The first-order chi connectivity index (χ1) is 38.7. The lowest BCUT2D eigenvalue weighted by Gasteiger charge is -2.36. The predicted molar refractivity (Wildman–Crippen MR) is 282 cm³/mol. The average molecular weight is 1150 g/mol. The summed E-state index contributed by atoms with van der Waals surface area (Å²) in [4.78, 5) is 148. The molecule has 27 nitrogen and oxygen atoms in total. The van der Waals surface area contributed by atoms with E-state index in [2.05, 4.69) is 42.5 Å². The number of nitrogens with one attached hydrogen (secondary N) is 8. The maximum atomic E-state index is 16.3. The van der Waals surface area contributed by atoms with Gasteiger partial charge in [-0.15, -0.1) is 0 Å². The van der Waals surface area contributed by atoms with Crippen molar-refractivity contribution in [1.82, 2.24) is 52.3 Å². The fraction of sp³-hybridized carbons (Fsp3) is 0.673. The third-order valence-electron chi connectivity index (χ3n) is 16.3. The van der Waals surface area contributed by atoms with Crippen LogP contribution >= 0.6 is 0 Å². The Balaban J connectivity index is 0.743. The van der Waals surface area contributed by atoms with Gasteiger partial charge in [0.15, 0.2) is 4.65 Å². The second kappa shape index (κ2) is 26.7. The van der Waals surface area contributed by atoms with Crippen molar-refractivity contribution >= 4 is 85.4 Å². The number of carboxylic acids is 1. The minimum absolute atomic E-state index is 0.0630. The second-order valence-electron chi connectivity index (χ2n) is 22.0. The third kappa shape index (κ3) is 14.5. The molecule has 0 aromatic heterocycles. The van der Waals surface area contributed by atoms with Crippen molar-refractivity contribution in [2.24, 2.45) is 11.8 Å². The van der Waals surface area contributed by atoms with Gasteiger partial charge in [-0.2, -0.15) is 0 Å². The topological polar surface area (TPSA) is 351 Å². The van der Waals surface area contributed by atoms with Crippen LogP contribution in [0.2, 0.25) is 0 Å². The van der Waals surface area contributed by atoms with Crippen LogP contribution in [0.4, 0.5) is 10.1 Å². The number of halogens is 1. The zero-order chi connectivity index (χ0) is 58.2. The molecular formula is C52H73AlFN11O16. The molecule has 0 radical (unpaired) electrons. The number of piperidine rings is 1. The summed E-state index contributed by atoms with van der Waals surface area (Å²) in [7, 11) is 1.35. The largest absolute Gasteiger partial charge is 0.661 e. The quantitative estimate of drug-likeness (QED) is 0.0260. The van der Waals surface area contributed by atoms with E-state index in [1.54, 1.807) is 6.92 Å². The summed E-state index contributed by atoms with van der Waals surface area (Å²) >= 11 is -3.10. The third-order valence-corrected chi connectivity index (χ3v) is 19.6. The first-order valence-electron chi connectivity index (χ1n) is 27.8. The van der Waals surface area contributed by atoms with E-state index in [1.165, 1.54) is 16.9 Å². The zero-order valence-corrected chi connectivity index (χ0v) is 46.9. The molecule has 0 spiro atoms. The van der Waals surface area contributed by atoms with Gasteiger partial charge in [0.05, 0.1) is 31.7 Å². The van der Waals surface area contributed by atoms with Gasteiger partial charge in [0, 0.05) is 65.5 Å². The molecule has 5 saturated heterocycles. The van der Waals surface area contributed by atoms with Crippen LogP contribution < -0.4 is 47.4 Å². The Labute approximate surface area is 471 Å². The average Bonchev–Trinajstić information content (AvgIpc) is 3.65. The fourth-order valence-corrected chi connectivity index (χ4v) is 15.2. The van der Waals surface area contributed by atoms with Gasteiger partial charge >= 0.3 is 32.4 Å². The lowest BCUT2D eigenvalue weighted by atomic mass is 9.96. The van der Waals surface area contributed by atoms with Crippen LogP contribution in [0.5, 0.6) is 0 Å². The molecule has 7 aliphatic heterocycles. The number of cyclic esters (lactones) is 1. The maximum absolute atomic E-state index is 16.3. The Morgan fingerprint density at radius 3 is 2.38 bits per heavy atom. The number of likely N-dealkylation sites (tertiary alicyclic amines) is 1. The molecule has 442 valence electrons. The van der Waals surface area contributed by atoms with Crippen LogP contribution in [0.1, 0.15) is 82.8 Å². The molecule has 1 aromatic rings. The number of nitrogens with zero attached hydrogens (tertiary/aromatic N) is 3. The summed E-state index contributed by atoms with van der Waals surface area (Å²) in [6, 6.07) is 0.483. The number of amides is 7. The number of morpholine rings is 1. The number of fused-ring (bicyclic) bond motifs is 5. The monoisotopic (exact) mass is 1150 g/mol. The van der Waals surface area contributed by atoms with E-state index in [9.17, 15) is 57.8 Å². The predicted octanol–water partition coefficient (Wildman–Crippen LogP) is -3.53. The number of benzene rings is 1. The standard InChI is InChI=1S/C52H74FN11O16.Al/c1-4-29(2)46(50(76)59-35-9-8-31-6-5-7-32-20-37(64(47(31)32)51(35)77)49(75)60-36-21-44(72)80-52(36)78-3)61-40(66)13-16-56-39(65)12-17-57-48(74)34(10-11-42(68)69)58-41(67)27-62-18-14-30(15-19-62)22-54-23-33-26-63(28-45(73)79-33)38(53)24-55-25-43(70)71;/h5-7,29-30,34-37,46,52,54-55H,4,8-28H2,1-3H3,(H,56,65)(H,57,74)(H,58,67)(H,59,76)(H,60,75)(H,61,66)(H,68,69)(H,70,71);/q;+1/p-1/t29-,34+,35-,36+,37-,46-,52-;/m0./s1. The first-order valence-corrected chi connectivity index (χ1v) is 29.4. The highest BCUT2D eigenvalue weighted by atomic mass is 27.2. The summed E-state index contributed by atoms with van der Waals surface area (Å²) in [5.74, 6) is -6.97. The van der Waals surface area contributed by atoms with Crippen molar-refractivity contribution in [3.63, 3.8) is 0 Å². The fourth-order valence-electron chi connectivity index (χ4n) is 11.9. The van der Waals surface area contributed by atoms with Crippen LogP contribution in [-0.4, -0.2) is 219 Å². The number of alkyl halides is 1. The van der Waals surface area contributed by atoms with Crippen molar-refractivity contribution in [3.05, 3.63) is 29.3 Å². The maximum Gasteiger partial charge on any atom is 0.661 e. The SMILES string of the molecule is CC[C@H](C)[C@H](NC(=O)CCNC(=O)CCNC(=O)[C@@H](CCC(=O)O)NC(=O)CN1CCC(CNC[C]23CN(CC(=O)O2)[C]2(F)CNCC(=O)[O][Al]32)CC1)C(=O)N[C@H]1CCc2cccc3c2N(C1=O)[C@H](C(=O)N[C@@H]1CC(=O)O[C@@H]1OC)C3. The Morgan fingerprint density at radius 1 is 0.901 bits per heavy atom. The zero-order valence-electron chi connectivity index (χ0n) is 45.8. The molecule has 7 amide bonds. The molecule has 9 N–H and O–H groups in total. The van der Waals surface area contributed by atoms with E-state index >= 15 is 4.39 Å². The van der Waals surface area contributed by atoms with Crippen molar-refractivity contribution in [2.75, 3.05) is 84.0 Å². The molecule has 0 saturated carbocycles. The number of methoxy groups -OCH3 is 1. The summed E-state index contributed by atoms with van der Waals surface area (Å²) in [6.07, 6.45) is 0.534. The molecule has 7 aliphatic rings. The van der Waals surface area contributed by atoms with Crippen LogP contribution in [0.25, 0.3) is 0 Å².